The average Bonchev–Trinajstić information content (AvgIpc) is 3.16. The van der Waals surface area contributed by atoms with Crippen LogP contribution in [-0.2, 0) is 30.0 Å². The molecule has 0 unspecified atom stereocenters. The van der Waals surface area contributed by atoms with E-state index in [2.05, 4.69) is 14.9 Å². The minimum Gasteiger partial charge on any atom is -0.419 e. The first-order valence-electron chi connectivity index (χ1n) is 8.47. The van der Waals surface area contributed by atoms with Gasteiger partial charge >= 0.3 is 0 Å². The maximum Gasteiger partial charge on any atom is 0.264 e. The predicted molar refractivity (Wildman–Crippen MR) is 98.0 cm³/mol. The molecule has 0 aliphatic heterocycles. The molecule has 27 heavy (non-hydrogen) atoms. The molecule has 0 spiro atoms. The number of hydrogen-bond acceptors (Lipinski definition) is 5. The highest BCUT2D eigenvalue weighted by Crippen LogP contribution is 2.32. The van der Waals surface area contributed by atoms with Gasteiger partial charge in [-0.2, -0.15) is 0 Å². The van der Waals surface area contributed by atoms with Crippen LogP contribution >= 0.6 is 0 Å². The quantitative estimate of drug-likeness (QED) is 0.697. The van der Waals surface area contributed by atoms with Crippen molar-refractivity contribution in [2.45, 2.75) is 38.6 Å². The number of sulfonamides is 1. The Morgan fingerprint density at radius 1 is 1.26 bits per heavy atom. The molecule has 0 aliphatic carbocycles. The van der Waals surface area contributed by atoms with E-state index in [-0.39, 0.29) is 17.3 Å². The molecule has 0 bridgehead atoms. The summed E-state index contributed by atoms with van der Waals surface area (Å²) in [5.74, 6) is 0.350. The van der Waals surface area contributed by atoms with E-state index in [4.69, 9.17) is 4.42 Å². The Morgan fingerprint density at radius 3 is 2.63 bits per heavy atom. The summed E-state index contributed by atoms with van der Waals surface area (Å²) < 4.78 is 49.0. The monoisotopic (exact) mass is 392 g/mol. The minimum atomic E-state index is -3.82. The highest BCUT2D eigenvalue weighted by Gasteiger charge is 2.28. The molecule has 2 aromatic heterocycles. The molecular formula is C18H21FN4O3S. The van der Waals surface area contributed by atoms with E-state index < -0.39 is 15.8 Å². The van der Waals surface area contributed by atoms with Gasteiger partial charge in [0, 0.05) is 31.3 Å². The number of nitrogens with zero attached hydrogens (tertiary/aromatic N) is 3. The molecule has 0 fully saturated rings. The molecule has 0 atom stereocenters. The minimum absolute atomic E-state index is 0.0102. The average molecular weight is 392 g/mol. The third-order valence-corrected chi connectivity index (χ3v) is 6.12. The molecule has 0 aliphatic rings. The highest BCUT2D eigenvalue weighted by atomic mass is 32.2. The first-order chi connectivity index (χ1) is 12.7. The summed E-state index contributed by atoms with van der Waals surface area (Å²) in [6.45, 7) is 5.30. The van der Waals surface area contributed by atoms with E-state index in [1.165, 1.54) is 18.2 Å². The topological polar surface area (TPSA) is 90.0 Å². The van der Waals surface area contributed by atoms with Gasteiger partial charge in [-0.25, -0.2) is 17.5 Å². The fourth-order valence-corrected chi connectivity index (χ4v) is 4.57. The highest BCUT2D eigenvalue weighted by molar-refractivity contribution is 7.89. The Morgan fingerprint density at radius 2 is 2.00 bits per heavy atom. The van der Waals surface area contributed by atoms with Gasteiger partial charge in [0.05, 0.1) is 0 Å². The molecule has 3 aromatic rings. The normalized spacial score (nSPS) is 11.9. The van der Waals surface area contributed by atoms with Crippen molar-refractivity contribution in [2.75, 3.05) is 0 Å². The Bertz CT molecular complexity index is 1090. The van der Waals surface area contributed by atoms with Crippen molar-refractivity contribution in [1.82, 2.24) is 19.5 Å². The van der Waals surface area contributed by atoms with Gasteiger partial charge < -0.3 is 8.98 Å². The molecule has 0 saturated heterocycles. The Labute approximate surface area is 157 Å². The second-order valence-corrected chi connectivity index (χ2v) is 7.96. The maximum absolute atomic E-state index is 13.3. The standard InChI is InChI=1S/C18H21FN4O3S/c1-5-15-21-22-18(26-15)16-11(2)17(12(3)23(16)4)27(24,25)20-10-13-7-6-8-14(19)9-13/h6-9,20H,5,10H2,1-4H3. The lowest BCUT2D eigenvalue weighted by Crippen LogP contribution is -2.24. The van der Waals surface area contributed by atoms with Crippen LogP contribution in [0.5, 0.6) is 0 Å². The number of benzene rings is 1. The third kappa shape index (κ3) is 3.65. The predicted octanol–water partition coefficient (Wildman–Crippen LogP) is 2.87. The Balaban J connectivity index is 1.97. The summed E-state index contributed by atoms with van der Waals surface area (Å²) in [5.41, 5.74) is 2.17. The van der Waals surface area contributed by atoms with E-state index in [1.807, 2.05) is 6.92 Å². The van der Waals surface area contributed by atoms with Gasteiger partial charge in [0.25, 0.3) is 5.89 Å². The first kappa shape index (κ1) is 19.2. The van der Waals surface area contributed by atoms with Crippen LogP contribution in [0.25, 0.3) is 11.6 Å². The molecule has 3 rings (SSSR count). The van der Waals surface area contributed by atoms with E-state index >= 15 is 0 Å². The molecule has 144 valence electrons. The van der Waals surface area contributed by atoms with E-state index in [1.54, 1.807) is 31.5 Å². The fraction of sp³-hybridized carbons (Fsp3) is 0.333. The molecule has 0 saturated carbocycles. The Kier molecular flexibility index (Phi) is 5.16. The van der Waals surface area contributed by atoms with Gasteiger partial charge in [-0.3, -0.25) is 0 Å². The van der Waals surface area contributed by atoms with Gasteiger partial charge in [0.2, 0.25) is 15.9 Å². The molecule has 0 radical (unpaired) electrons. The molecule has 2 heterocycles. The van der Waals surface area contributed by atoms with Crippen molar-refractivity contribution >= 4 is 10.0 Å². The first-order valence-corrected chi connectivity index (χ1v) is 9.95. The van der Waals surface area contributed by atoms with Crippen molar-refractivity contribution in [3.63, 3.8) is 0 Å². The van der Waals surface area contributed by atoms with Crippen LogP contribution < -0.4 is 4.72 Å². The van der Waals surface area contributed by atoms with Crippen LogP contribution in [0.2, 0.25) is 0 Å². The summed E-state index contributed by atoms with van der Waals surface area (Å²) in [5, 5.41) is 7.97. The van der Waals surface area contributed by atoms with Crippen LogP contribution in [0.1, 0.15) is 29.6 Å². The summed E-state index contributed by atoms with van der Waals surface area (Å²) in [6.07, 6.45) is 0.593. The summed E-state index contributed by atoms with van der Waals surface area (Å²) in [6, 6.07) is 5.80. The van der Waals surface area contributed by atoms with Gasteiger partial charge in [-0.15, -0.1) is 10.2 Å². The lowest BCUT2D eigenvalue weighted by Gasteiger charge is -2.08. The maximum atomic E-state index is 13.3. The largest absolute Gasteiger partial charge is 0.419 e. The molecule has 1 aromatic carbocycles. The number of hydrogen-bond donors (Lipinski definition) is 1. The number of rotatable bonds is 6. The van der Waals surface area contributed by atoms with E-state index in [0.717, 1.165) is 0 Å². The second kappa shape index (κ2) is 7.24. The van der Waals surface area contributed by atoms with E-state index in [0.29, 0.717) is 34.8 Å². The lowest BCUT2D eigenvalue weighted by atomic mass is 10.2. The number of aryl methyl sites for hydroxylation is 1. The molecular weight excluding hydrogens is 371 g/mol. The van der Waals surface area contributed by atoms with Crippen molar-refractivity contribution in [3.8, 4) is 11.6 Å². The molecule has 1 N–H and O–H groups in total. The van der Waals surface area contributed by atoms with Crippen molar-refractivity contribution in [1.29, 1.82) is 0 Å². The van der Waals surface area contributed by atoms with Gasteiger partial charge in [0.1, 0.15) is 16.4 Å². The fourth-order valence-electron chi connectivity index (χ4n) is 3.04. The Hall–Kier alpha value is -2.52. The molecule has 0 amide bonds. The van der Waals surface area contributed by atoms with Crippen LogP contribution in [0.4, 0.5) is 4.39 Å². The van der Waals surface area contributed by atoms with Crippen LogP contribution in [0.15, 0.2) is 33.6 Å². The van der Waals surface area contributed by atoms with Crippen LogP contribution in [0, 0.1) is 19.7 Å². The van der Waals surface area contributed by atoms with Gasteiger partial charge in [0.15, 0.2) is 0 Å². The van der Waals surface area contributed by atoms with Gasteiger partial charge in [-0.1, -0.05) is 19.1 Å². The summed E-state index contributed by atoms with van der Waals surface area (Å²) in [4.78, 5) is 0.160. The summed E-state index contributed by atoms with van der Waals surface area (Å²) in [7, 11) is -2.08. The zero-order valence-corrected chi connectivity index (χ0v) is 16.4. The zero-order chi connectivity index (χ0) is 19.8. The summed E-state index contributed by atoms with van der Waals surface area (Å²) >= 11 is 0. The van der Waals surface area contributed by atoms with Crippen LogP contribution in [-0.4, -0.2) is 23.2 Å². The van der Waals surface area contributed by atoms with Crippen LogP contribution in [0.3, 0.4) is 0 Å². The van der Waals surface area contributed by atoms with Gasteiger partial charge in [-0.05, 0) is 31.5 Å². The molecule has 7 nitrogen and oxygen atoms in total. The lowest BCUT2D eigenvalue weighted by molar-refractivity contribution is 0.508. The second-order valence-electron chi connectivity index (χ2n) is 6.26. The van der Waals surface area contributed by atoms with E-state index in [9.17, 15) is 12.8 Å². The van der Waals surface area contributed by atoms with Crippen molar-refractivity contribution in [2.24, 2.45) is 7.05 Å². The number of aromatic nitrogens is 3. The smallest absolute Gasteiger partial charge is 0.264 e. The zero-order valence-electron chi connectivity index (χ0n) is 15.6. The molecule has 9 heteroatoms. The van der Waals surface area contributed by atoms with Crippen molar-refractivity contribution in [3.05, 3.63) is 52.8 Å². The SMILES string of the molecule is CCc1nnc(-c2c(C)c(S(=O)(=O)NCc3cccc(F)c3)c(C)n2C)o1. The third-order valence-electron chi connectivity index (χ3n) is 4.46. The van der Waals surface area contributed by atoms with Crippen molar-refractivity contribution < 1.29 is 17.2 Å². The number of nitrogens with one attached hydrogen (secondary N) is 1. The number of halogens is 1.